The minimum Gasteiger partial charge on any atom is -0.407 e. The number of benzene rings is 2. The summed E-state index contributed by atoms with van der Waals surface area (Å²) >= 11 is 5.70. The molecule has 1 heterocycles. The Morgan fingerprint density at radius 1 is 1.05 bits per heavy atom. The Morgan fingerprint density at radius 3 is 2.29 bits per heavy atom. The minimum absolute atomic E-state index is 0.133. The fourth-order valence-electron chi connectivity index (χ4n) is 2.30. The predicted molar refractivity (Wildman–Crippen MR) is 83.3 cm³/mol. The van der Waals surface area contributed by atoms with Gasteiger partial charge in [0.25, 0.3) is 0 Å². The Labute approximate surface area is 129 Å². The van der Waals surface area contributed by atoms with Gasteiger partial charge in [-0.1, -0.05) is 48.9 Å². The first kappa shape index (κ1) is 14.6. The standard InChI is InChI=1S/C16H15BClFO2/c1-11-9-20-17(21-10-11)14-5-2-12(3-6-14)13-4-7-15(18)16(19)8-13/h2-8,11H,9-10H2,1H3. The van der Waals surface area contributed by atoms with Crippen LogP contribution in [0.3, 0.4) is 0 Å². The van der Waals surface area contributed by atoms with Gasteiger partial charge < -0.3 is 9.31 Å². The first-order valence-electron chi connectivity index (χ1n) is 6.92. The number of hydrogen-bond acceptors (Lipinski definition) is 2. The normalized spacial score (nSPS) is 16.2. The van der Waals surface area contributed by atoms with E-state index in [2.05, 4.69) is 6.92 Å². The second kappa shape index (κ2) is 6.18. The van der Waals surface area contributed by atoms with Crippen molar-refractivity contribution in [3.8, 4) is 11.1 Å². The Bertz CT molecular complexity index is 625. The molecule has 0 atom stereocenters. The highest BCUT2D eigenvalue weighted by atomic mass is 35.5. The van der Waals surface area contributed by atoms with Gasteiger partial charge in [0.2, 0.25) is 0 Å². The Hall–Kier alpha value is -1.36. The molecule has 0 unspecified atom stereocenters. The van der Waals surface area contributed by atoms with Crippen LogP contribution in [-0.2, 0) is 9.31 Å². The van der Waals surface area contributed by atoms with E-state index < -0.39 is 5.82 Å². The third-order valence-corrected chi connectivity index (χ3v) is 3.81. The molecule has 1 saturated heterocycles. The van der Waals surface area contributed by atoms with E-state index in [1.54, 1.807) is 12.1 Å². The third-order valence-electron chi connectivity index (χ3n) is 3.50. The summed E-state index contributed by atoms with van der Waals surface area (Å²) in [6.07, 6.45) is 0. The van der Waals surface area contributed by atoms with Gasteiger partial charge in [0.05, 0.1) is 5.02 Å². The second-order valence-corrected chi connectivity index (χ2v) is 5.76. The molecule has 0 amide bonds. The van der Waals surface area contributed by atoms with Crippen molar-refractivity contribution >= 4 is 24.2 Å². The average Bonchev–Trinajstić information content (AvgIpc) is 2.51. The lowest BCUT2D eigenvalue weighted by atomic mass is 9.77. The molecule has 3 rings (SSSR count). The van der Waals surface area contributed by atoms with E-state index in [0.717, 1.165) is 16.6 Å². The van der Waals surface area contributed by atoms with Gasteiger partial charge >= 0.3 is 7.12 Å². The maximum absolute atomic E-state index is 13.5. The maximum atomic E-state index is 13.5. The zero-order chi connectivity index (χ0) is 14.8. The minimum atomic E-state index is -0.411. The Balaban J connectivity index is 1.79. The van der Waals surface area contributed by atoms with E-state index in [0.29, 0.717) is 19.1 Å². The molecule has 0 spiro atoms. The first-order valence-corrected chi connectivity index (χ1v) is 7.30. The molecule has 1 aliphatic heterocycles. The lowest BCUT2D eigenvalue weighted by Gasteiger charge is -2.24. The summed E-state index contributed by atoms with van der Waals surface area (Å²) in [5, 5.41) is 0.133. The molecule has 0 N–H and O–H groups in total. The van der Waals surface area contributed by atoms with Gasteiger partial charge in [0.15, 0.2) is 0 Å². The summed E-state index contributed by atoms with van der Waals surface area (Å²) in [7, 11) is -0.308. The largest absolute Gasteiger partial charge is 0.493 e. The monoisotopic (exact) mass is 304 g/mol. The molecule has 0 aliphatic carbocycles. The van der Waals surface area contributed by atoms with E-state index in [-0.39, 0.29) is 12.1 Å². The zero-order valence-corrected chi connectivity index (χ0v) is 12.4. The van der Waals surface area contributed by atoms with Crippen LogP contribution in [0.4, 0.5) is 4.39 Å². The fraction of sp³-hybridized carbons (Fsp3) is 0.250. The molecule has 0 saturated carbocycles. The van der Waals surface area contributed by atoms with E-state index in [9.17, 15) is 4.39 Å². The van der Waals surface area contributed by atoms with Crippen LogP contribution in [0.5, 0.6) is 0 Å². The molecule has 2 aromatic rings. The van der Waals surface area contributed by atoms with Crippen LogP contribution < -0.4 is 5.46 Å². The second-order valence-electron chi connectivity index (χ2n) is 5.35. The van der Waals surface area contributed by atoms with Crippen LogP contribution >= 0.6 is 11.6 Å². The molecular formula is C16H15BClFO2. The molecule has 5 heteroatoms. The van der Waals surface area contributed by atoms with Crippen LogP contribution in [0.1, 0.15) is 6.92 Å². The lowest BCUT2D eigenvalue weighted by molar-refractivity contribution is 0.0958. The molecule has 0 aromatic heterocycles. The van der Waals surface area contributed by atoms with Crippen LogP contribution in [0.2, 0.25) is 5.02 Å². The van der Waals surface area contributed by atoms with Gasteiger partial charge in [-0.15, -0.1) is 0 Å². The molecule has 1 fully saturated rings. The van der Waals surface area contributed by atoms with Gasteiger partial charge in [-0.3, -0.25) is 0 Å². The van der Waals surface area contributed by atoms with Crippen LogP contribution in [0, 0.1) is 11.7 Å². The maximum Gasteiger partial charge on any atom is 0.493 e. The highest BCUT2D eigenvalue weighted by Crippen LogP contribution is 2.23. The van der Waals surface area contributed by atoms with Crippen molar-refractivity contribution in [2.24, 2.45) is 5.92 Å². The highest BCUT2D eigenvalue weighted by molar-refractivity contribution is 6.61. The summed E-state index contributed by atoms with van der Waals surface area (Å²) in [5.41, 5.74) is 2.70. The third kappa shape index (κ3) is 3.29. The molecule has 108 valence electrons. The summed E-state index contributed by atoms with van der Waals surface area (Å²) < 4.78 is 24.8. The van der Waals surface area contributed by atoms with E-state index in [4.69, 9.17) is 20.9 Å². The van der Waals surface area contributed by atoms with Crippen molar-refractivity contribution < 1.29 is 13.7 Å². The summed E-state index contributed by atoms with van der Waals surface area (Å²) in [4.78, 5) is 0. The van der Waals surface area contributed by atoms with Gasteiger partial charge in [-0.25, -0.2) is 4.39 Å². The molecule has 2 aromatic carbocycles. The van der Waals surface area contributed by atoms with Crippen LogP contribution in [0.15, 0.2) is 42.5 Å². The summed E-state index contributed by atoms with van der Waals surface area (Å²) in [6, 6.07) is 12.6. The van der Waals surface area contributed by atoms with Crippen molar-refractivity contribution in [1.82, 2.24) is 0 Å². The smallest absolute Gasteiger partial charge is 0.407 e. The van der Waals surface area contributed by atoms with Crippen molar-refractivity contribution in [2.75, 3.05) is 13.2 Å². The first-order chi connectivity index (χ1) is 10.1. The topological polar surface area (TPSA) is 18.5 Å². The molecule has 1 aliphatic rings. The van der Waals surface area contributed by atoms with Gasteiger partial charge in [-0.05, 0) is 34.6 Å². The van der Waals surface area contributed by atoms with Crippen molar-refractivity contribution in [3.63, 3.8) is 0 Å². The van der Waals surface area contributed by atoms with E-state index in [1.807, 2.05) is 24.3 Å². The highest BCUT2D eigenvalue weighted by Gasteiger charge is 2.27. The Morgan fingerprint density at radius 2 is 1.67 bits per heavy atom. The molecule has 21 heavy (non-hydrogen) atoms. The fourth-order valence-corrected chi connectivity index (χ4v) is 2.42. The van der Waals surface area contributed by atoms with Crippen molar-refractivity contribution in [1.29, 1.82) is 0 Å². The van der Waals surface area contributed by atoms with Gasteiger partial charge in [-0.2, -0.15) is 0 Å². The zero-order valence-electron chi connectivity index (χ0n) is 11.7. The summed E-state index contributed by atoms with van der Waals surface area (Å²) in [5.74, 6) is 0.0174. The predicted octanol–water partition coefficient (Wildman–Crippen LogP) is 3.52. The quantitative estimate of drug-likeness (QED) is 0.790. The number of hydrogen-bond donors (Lipinski definition) is 0. The van der Waals surface area contributed by atoms with Crippen LogP contribution in [-0.4, -0.2) is 20.3 Å². The Kier molecular flexibility index (Phi) is 4.29. The average molecular weight is 305 g/mol. The SMILES string of the molecule is CC1COB(c2ccc(-c3ccc(Cl)c(F)c3)cc2)OC1. The van der Waals surface area contributed by atoms with Gasteiger partial charge in [0.1, 0.15) is 5.82 Å². The molecule has 0 radical (unpaired) electrons. The van der Waals surface area contributed by atoms with Gasteiger partial charge in [0, 0.05) is 13.2 Å². The summed E-state index contributed by atoms with van der Waals surface area (Å²) in [6.45, 7) is 3.50. The van der Waals surface area contributed by atoms with Crippen LogP contribution in [0.25, 0.3) is 11.1 Å². The van der Waals surface area contributed by atoms with Crippen molar-refractivity contribution in [3.05, 3.63) is 53.3 Å². The van der Waals surface area contributed by atoms with E-state index >= 15 is 0 Å². The molecular weight excluding hydrogens is 289 g/mol. The molecule has 2 nitrogen and oxygen atoms in total. The number of rotatable bonds is 2. The van der Waals surface area contributed by atoms with Crippen molar-refractivity contribution in [2.45, 2.75) is 6.92 Å². The molecule has 0 bridgehead atoms. The lowest BCUT2D eigenvalue weighted by Crippen LogP contribution is -2.43. The van der Waals surface area contributed by atoms with E-state index in [1.165, 1.54) is 6.07 Å². The number of halogens is 2.